The molecule has 4 N–H and O–H groups in total. The predicted octanol–water partition coefficient (Wildman–Crippen LogP) is -1.78. The standard InChI is InChI=1S/C4H11NO2.C3H4O3/c6-3-1-5-2-4-7;1-2(4)3(5)6/h5-7H,1-4H2;1H3,(H,5,6). The van der Waals surface area contributed by atoms with Crippen LogP contribution in [0, 0.1) is 0 Å². The first-order chi connectivity index (χ1) is 6.06. The van der Waals surface area contributed by atoms with Gasteiger partial charge in [0, 0.05) is 20.0 Å². The van der Waals surface area contributed by atoms with Gasteiger partial charge in [-0.05, 0) is 0 Å². The lowest BCUT2D eigenvalue weighted by Gasteiger charge is -1.94. The number of carbonyl (C=O) groups excluding carboxylic acids is 1. The van der Waals surface area contributed by atoms with Crippen LogP contribution >= 0.6 is 0 Å². The lowest BCUT2D eigenvalue weighted by atomic mass is 10.5. The number of hydrogen-bond donors (Lipinski definition) is 4. The highest BCUT2D eigenvalue weighted by molar-refractivity contribution is 6.31. The molecule has 0 saturated carbocycles. The molecule has 78 valence electrons. The molecule has 0 spiro atoms. The minimum Gasteiger partial charge on any atom is -0.476 e. The van der Waals surface area contributed by atoms with Crippen molar-refractivity contribution in [2.45, 2.75) is 6.92 Å². The van der Waals surface area contributed by atoms with Crippen LogP contribution in [0.25, 0.3) is 0 Å². The maximum absolute atomic E-state index is 9.54. The summed E-state index contributed by atoms with van der Waals surface area (Å²) in [6.07, 6.45) is 0. The van der Waals surface area contributed by atoms with E-state index in [9.17, 15) is 9.59 Å². The quantitative estimate of drug-likeness (QED) is 0.304. The molecule has 0 aromatic rings. The lowest BCUT2D eigenvalue weighted by molar-refractivity contribution is -0.148. The van der Waals surface area contributed by atoms with E-state index in [4.69, 9.17) is 15.3 Å². The highest BCUT2D eigenvalue weighted by Gasteiger charge is 1.98. The highest BCUT2D eigenvalue weighted by atomic mass is 16.4. The zero-order chi connectivity index (χ0) is 10.7. The number of hydrogen-bond acceptors (Lipinski definition) is 5. The van der Waals surface area contributed by atoms with E-state index in [1.807, 2.05) is 0 Å². The third-order valence-corrected chi connectivity index (χ3v) is 0.878. The zero-order valence-corrected chi connectivity index (χ0v) is 7.49. The molecule has 0 aromatic heterocycles. The third kappa shape index (κ3) is 18.2. The second kappa shape index (κ2) is 11.0. The Hall–Kier alpha value is -0.980. The molecule has 0 amide bonds. The Kier molecular flexibility index (Phi) is 12.3. The van der Waals surface area contributed by atoms with E-state index in [1.165, 1.54) is 0 Å². The van der Waals surface area contributed by atoms with E-state index in [2.05, 4.69) is 5.32 Å². The normalized spacial score (nSPS) is 8.54. The van der Waals surface area contributed by atoms with Crippen LogP contribution in [0.5, 0.6) is 0 Å². The van der Waals surface area contributed by atoms with Gasteiger partial charge in [0.25, 0.3) is 0 Å². The molecule has 0 aliphatic heterocycles. The first-order valence-electron chi connectivity index (χ1n) is 3.72. The van der Waals surface area contributed by atoms with Gasteiger partial charge in [0.15, 0.2) is 0 Å². The van der Waals surface area contributed by atoms with Gasteiger partial charge in [-0.25, -0.2) is 4.79 Å². The Labute approximate surface area is 76.2 Å². The number of carbonyl (C=O) groups is 2. The molecular weight excluding hydrogens is 178 g/mol. The summed E-state index contributed by atoms with van der Waals surface area (Å²) in [6.45, 7) is 2.42. The van der Waals surface area contributed by atoms with Crippen LogP contribution in [0.15, 0.2) is 0 Å². The average Bonchev–Trinajstić information content (AvgIpc) is 2.06. The van der Waals surface area contributed by atoms with Gasteiger partial charge >= 0.3 is 5.97 Å². The number of aliphatic hydroxyl groups is 2. The number of carboxylic acid groups (broad SMARTS) is 1. The molecule has 0 heterocycles. The molecule has 0 aliphatic rings. The van der Waals surface area contributed by atoms with Crippen molar-refractivity contribution in [3.63, 3.8) is 0 Å². The summed E-state index contributed by atoms with van der Waals surface area (Å²) in [6, 6.07) is 0. The second-order valence-electron chi connectivity index (χ2n) is 2.06. The van der Waals surface area contributed by atoms with Gasteiger partial charge in [-0.15, -0.1) is 0 Å². The number of Topliss-reactive ketones (excluding diaryl/α,β-unsaturated/α-hetero) is 1. The van der Waals surface area contributed by atoms with Crippen LogP contribution in [0.1, 0.15) is 6.92 Å². The fourth-order valence-corrected chi connectivity index (χ4v) is 0.283. The van der Waals surface area contributed by atoms with Crippen molar-refractivity contribution < 1.29 is 24.9 Å². The number of ketones is 1. The van der Waals surface area contributed by atoms with Crippen molar-refractivity contribution in [3.05, 3.63) is 0 Å². The molecule has 0 bridgehead atoms. The smallest absolute Gasteiger partial charge is 0.371 e. The molecule has 0 unspecified atom stereocenters. The SMILES string of the molecule is CC(=O)C(=O)O.OCCNCCO. The Bertz CT molecular complexity index is 132. The van der Waals surface area contributed by atoms with Gasteiger partial charge in [-0.2, -0.15) is 0 Å². The summed E-state index contributed by atoms with van der Waals surface area (Å²) in [5.74, 6) is -2.20. The minimum absolute atomic E-state index is 0.139. The lowest BCUT2D eigenvalue weighted by Crippen LogP contribution is -2.21. The van der Waals surface area contributed by atoms with Crippen molar-refractivity contribution in [2.75, 3.05) is 26.3 Å². The molecule has 0 aromatic carbocycles. The van der Waals surface area contributed by atoms with E-state index in [-0.39, 0.29) is 13.2 Å². The first-order valence-corrected chi connectivity index (χ1v) is 3.72. The molecule has 6 nitrogen and oxygen atoms in total. The number of carboxylic acids is 1. The molecule has 0 atom stereocenters. The van der Waals surface area contributed by atoms with Crippen molar-refractivity contribution in [2.24, 2.45) is 0 Å². The van der Waals surface area contributed by atoms with Crippen molar-refractivity contribution in [3.8, 4) is 0 Å². The molecule has 0 fully saturated rings. The fourth-order valence-electron chi connectivity index (χ4n) is 0.283. The maximum Gasteiger partial charge on any atom is 0.371 e. The van der Waals surface area contributed by atoms with Crippen LogP contribution in [-0.4, -0.2) is 53.4 Å². The largest absolute Gasteiger partial charge is 0.476 e. The molecular formula is C7H15NO5. The van der Waals surface area contributed by atoms with Crippen molar-refractivity contribution >= 4 is 11.8 Å². The van der Waals surface area contributed by atoms with E-state index in [0.717, 1.165) is 6.92 Å². The van der Waals surface area contributed by atoms with Crippen LogP contribution in [0.4, 0.5) is 0 Å². The average molecular weight is 193 g/mol. The molecule has 6 heteroatoms. The van der Waals surface area contributed by atoms with Gasteiger partial charge in [0.05, 0.1) is 13.2 Å². The van der Waals surface area contributed by atoms with Crippen LogP contribution in [-0.2, 0) is 9.59 Å². The number of nitrogens with one attached hydrogen (secondary N) is 1. The van der Waals surface area contributed by atoms with Crippen LogP contribution in [0.2, 0.25) is 0 Å². The number of aliphatic carboxylic acids is 1. The molecule has 0 aliphatic carbocycles. The molecule has 0 radical (unpaired) electrons. The first kappa shape index (κ1) is 14.5. The van der Waals surface area contributed by atoms with E-state index < -0.39 is 11.8 Å². The molecule has 0 saturated heterocycles. The second-order valence-corrected chi connectivity index (χ2v) is 2.06. The van der Waals surface area contributed by atoms with Gasteiger partial charge in [0.1, 0.15) is 0 Å². The maximum atomic E-state index is 9.54. The van der Waals surface area contributed by atoms with E-state index >= 15 is 0 Å². The van der Waals surface area contributed by atoms with Gasteiger partial charge in [0.2, 0.25) is 5.78 Å². The minimum atomic E-state index is -1.38. The summed E-state index contributed by atoms with van der Waals surface area (Å²) in [5.41, 5.74) is 0. The van der Waals surface area contributed by atoms with E-state index in [1.54, 1.807) is 0 Å². The Balaban J connectivity index is 0. The van der Waals surface area contributed by atoms with Gasteiger partial charge in [-0.3, -0.25) is 4.79 Å². The summed E-state index contributed by atoms with van der Waals surface area (Å²) >= 11 is 0. The Morgan fingerprint density at radius 3 is 1.62 bits per heavy atom. The van der Waals surface area contributed by atoms with Gasteiger partial charge < -0.3 is 20.6 Å². The summed E-state index contributed by atoms with van der Waals surface area (Å²) in [7, 11) is 0. The third-order valence-electron chi connectivity index (χ3n) is 0.878. The topological polar surface area (TPSA) is 107 Å². The van der Waals surface area contributed by atoms with Crippen molar-refractivity contribution in [1.29, 1.82) is 0 Å². The van der Waals surface area contributed by atoms with Crippen LogP contribution in [0.3, 0.4) is 0 Å². The predicted molar refractivity (Wildman–Crippen MR) is 45.4 cm³/mol. The summed E-state index contributed by atoms with van der Waals surface area (Å²) < 4.78 is 0. The summed E-state index contributed by atoms with van der Waals surface area (Å²) in [5, 5.41) is 26.7. The van der Waals surface area contributed by atoms with Gasteiger partial charge in [-0.1, -0.05) is 0 Å². The number of rotatable bonds is 5. The molecule has 0 rings (SSSR count). The van der Waals surface area contributed by atoms with E-state index in [0.29, 0.717) is 13.1 Å². The Morgan fingerprint density at radius 2 is 1.46 bits per heavy atom. The zero-order valence-electron chi connectivity index (χ0n) is 7.49. The van der Waals surface area contributed by atoms with Crippen molar-refractivity contribution in [1.82, 2.24) is 5.32 Å². The fraction of sp³-hybridized carbons (Fsp3) is 0.714. The van der Waals surface area contributed by atoms with Crippen LogP contribution < -0.4 is 5.32 Å². The number of aliphatic hydroxyl groups excluding tert-OH is 2. The Morgan fingerprint density at radius 1 is 1.15 bits per heavy atom. The summed E-state index contributed by atoms with van der Waals surface area (Å²) in [4.78, 5) is 18.9. The molecule has 13 heavy (non-hydrogen) atoms. The highest BCUT2D eigenvalue weighted by Crippen LogP contribution is 1.61. The monoisotopic (exact) mass is 193 g/mol.